The maximum absolute atomic E-state index is 12.5. The predicted molar refractivity (Wildman–Crippen MR) is 138 cm³/mol. The molecule has 2 fully saturated rings. The van der Waals surface area contributed by atoms with Crippen LogP contribution >= 0.6 is 0 Å². The number of piperidine rings is 2. The monoisotopic (exact) mass is 479 g/mol. The van der Waals surface area contributed by atoms with Crippen LogP contribution in [0, 0.1) is 24.7 Å². The number of carbonyl (C=O) groups excluding carboxylic acids is 3. The molecule has 188 valence electrons. The molecular weight excluding hydrogens is 442 g/mol. The third kappa shape index (κ3) is 6.10. The van der Waals surface area contributed by atoms with Crippen molar-refractivity contribution in [1.29, 1.82) is 0 Å². The van der Waals surface area contributed by atoms with Crippen molar-refractivity contribution < 1.29 is 14.4 Å². The summed E-state index contributed by atoms with van der Waals surface area (Å²) in [7, 11) is 0. The number of rotatable bonds is 6. The zero-order chi connectivity index (χ0) is 25.1. The fourth-order valence-corrected chi connectivity index (χ4v) is 5.48. The summed E-state index contributed by atoms with van der Waals surface area (Å²) in [4.78, 5) is 45.3. The van der Waals surface area contributed by atoms with Gasteiger partial charge in [-0.1, -0.05) is 13.8 Å². The molecule has 3 heterocycles. The van der Waals surface area contributed by atoms with E-state index in [9.17, 15) is 14.4 Å². The number of benzene rings is 1. The summed E-state index contributed by atoms with van der Waals surface area (Å²) < 4.78 is 0. The van der Waals surface area contributed by atoms with Gasteiger partial charge in [-0.2, -0.15) is 0 Å². The van der Waals surface area contributed by atoms with Crippen molar-refractivity contribution in [2.75, 3.05) is 36.4 Å². The number of aryl methyl sites for hydroxylation is 1. The minimum Gasteiger partial charge on any atom is -0.369 e. The maximum Gasteiger partial charge on any atom is 0.224 e. The van der Waals surface area contributed by atoms with Crippen LogP contribution in [0.25, 0.3) is 10.9 Å². The molecule has 2 unspecified atom stereocenters. The Kier molecular flexibility index (Phi) is 7.57. The number of amides is 3. The number of carbonyl (C=O) groups is 3. The number of nitrogens with two attached hydrogens (primary N) is 1. The smallest absolute Gasteiger partial charge is 0.224 e. The first-order chi connectivity index (χ1) is 16.7. The second kappa shape index (κ2) is 10.6. The third-order valence-electron chi connectivity index (χ3n) is 7.29. The van der Waals surface area contributed by atoms with Gasteiger partial charge in [-0.25, -0.2) is 4.98 Å². The molecule has 4 rings (SSSR count). The first kappa shape index (κ1) is 24.9. The number of anilines is 2. The largest absolute Gasteiger partial charge is 0.369 e. The van der Waals surface area contributed by atoms with Crippen LogP contribution in [0.3, 0.4) is 0 Å². The summed E-state index contributed by atoms with van der Waals surface area (Å²) in [6, 6.07) is 7.91. The van der Waals surface area contributed by atoms with Gasteiger partial charge in [0.1, 0.15) is 5.82 Å². The highest BCUT2D eigenvalue weighted by Gasteiger charge is 2.26. The number of hydrogen-bond donors (Lipinski definition) is 2. The number of nitrogens with one attached hydrogen (secondary N) is 1. The van der Waals surface area contributed by atoms with E-state index in [4.69, 9.17) is 10.7 Å². The molecule has 1 aromatic carbocycles. The van der Waals surface area contributed by atoms with Crippen molar-refractivity contribution in [3.05, 3.63) is 29.8 Å². The predicted octanol–water partition coefficient (Wildman–Crippen LogP) is 3.47. The fraction of sp³-hybridized carbons (Fsp3) is 0.556. The highest BCUT2D eigenvalue weighted by molar-refractivity contribution is 5.96. The molecule has 3 amide bonds. The van der Waals surface area contributed by atoms with Gasteiger partial charge in [0.25, 0.3) is 0 Å². The highest BCUT2D eigenvalue weighted by Crippen LogP contribution is 2.29. The van der Waals surface area contributed by atoms with Crippen LogP contribution in [0.15, 0.2) is 24.3 Å². The summed E-state index contributed by atoms with van der Waals surface area (Å²) in [5.74, 6) is 1.62. The second-order valence-corrected chi connectivity index (χ2v) is 10.5. The number of nitrogens with zero attached hydrogens (tertiary/aromatic N) is 3. The van der Waals surface area contributed by atoms with Crippen molar-refractivity contribution in [1.82, 2.24) is 9.88 Å². The number of hydrogen-bond acceptors (Lipinski definition) is 5. The SMILES string of the molecule is Cc1cc(N2CC(C)CC(C)C2)nc2ccc(NC(=O)CCC(=O)N3CCC(C(N)=O)CC3)cc12. The lowest BCUT2D eigenvalue weighted by atomic mass is 9.92. The number of fused-ring (bicyclic) bond motifs is 1. The Bertz CT molecular complexity index is 1100. The van der Waals surface area contributed by atoms with E-state index in [2.05, 4.69) is 37.1 Å². The van der Waals surface area contributed by atoms with Crippen LogP contribution in [0.2, 0.25) is 0 Å². The molecule has 2 aliphatic rings. The van der Waals surface area contributed by atoms with Crippen LogP contribution in [0.5, 0.6) is 0 Å². The second-order valence-electron chi connectivity index (χ2n) is 10.5. The van der Waals surface area contributed by atoms with E-state index in [0.29, 0.717) is 43.5 Å². The van der Waals surface area contributed by atoms with Crippen LogP contribution in [-0.2, 0) is 14.4 Å². The van der Waals surface area contributed by atoms with Gasteiger partial charge in [0.15, 0.2) is 0 Å². The molecule has 3 N–H and O–H groups in total. The van der Waals surface area contributed by atoms with E-state index in [1.807, 2.05) is 18.2 Å². The van der Waals surface area contributed by atoms with Crippen LogP contribution < -0.4 is 16.0 Å². The zero-order valence-electron chi connectivity index (χ0n) is 21.0. The Labute approximate surface area is 207 Å². The fourth-order valence-electron chi connectivity index (χ4n) is 5.48. The number of aromatic nitrogens is 1. The lowest BCUT2D eigenvalue weighted by molar-refractivity contribution is -0.135. The summed E-state index contributed by atoms with van der Waals surface area (Å²) in [5.41, 5.74) is 8.10. The molecule has 2 aliphatic heterocycles. The minimum absolute atomic E-state index is 0.0597. The van der Waals surface area contributed by atoms with Gasteiger partial charge >= 0.3 is 0 Å². The van der Waals surface area contributed by atoms with Crippen LogP contribution in [0.1, 0.15) is 51.5 Å². The standard InChI is InChI=1S/C27H37N5O3/c1-17-12-18(2)16-32(15-17)24-13-19(3)22-14-21(4-5-23(22)30-24)29-25(33)6-7-26(34)31-10-8-20(9-11-31)27(28)35/h4-5,13-14,17-18,20H,6-12,15-16H2,1-3H3,(H2,28,35)(H,29,33). The quantitative estimate of drug-likeness (QED) is 0.660. The summed E-state index contributed by atoms with van der Waals surface area (Å²) >= 11 is 0. The topological polar surface area (TPSA) is 109 Å². The van der Waals surface area contributed by atoms with Gasteiger partial charge in [0.05, 0.1) is 5.52 Å². The molecule has 0 bridgehead atoms. The Morgan fingerprint density at radius 2 is 1.74 bits per heavy atom. The average Bonchev–Trinajstić information content (AvgIpc) is 2.82. The highest BCUT2D eigenvalue weighted by atomic mass is 16.2. The molecule has 8 nitrogen and oxygen atoms in total. The van der Waals surface area contributed by atoms with E-state index >= 15 is 0 Å². The van der Waals surface area contributed by atoms with Gasteiger partial charge in [0, 0.05) is 56.0 Å². The minimum atomic E-state index is -0.302. The molecule has 2 atom stereocenters. The summed E-state index contributed by atoms with van der Waals surface area (Å²) in [5, 5.41) is 3.93. The number of likely N-dealkylation sites (tertiary alicyclic amines) is 1. The van der Waals surface area contributed by atoms with Crippen molar-refractivity contribution in [2.24, 2.45) is 23.5 Å². The Morgan fingerprint density at radius 3 is 2.40 bits per heavy atom. The van der Waals surface area contributed by atoms with E-state index in [0.717, 1.165) is 35.4 Å². The van der Waals surface area contributed by atoms with Gasteiger partial charge in [-0.05, 0) is 67.9 Å². The molecule has 0 saturated carbocycles. The molecule has 1 aromatic heterocycles. The van der Waals surface area contributed by atoms with E-state index in [1.54, 1.807) is 4.90 Å². The van der Waals surface area contributed by atoms with Gasteiger partial charge in [-0.15, -0.1) is 0 Å². The summed E-state index contributed by atoms with van der Waals surface area (Å²) in [6.45, 7) is 9.76. The van der Waals surface area contributed by atoms with Crippen LogP contribution in [0.4, 0.5) is 11.5 Å². The average molecular weight is 480 g/mol. The Balaban J connectivity index is 1.34. The first-order valence-electron chi connectivity index (χ1n) is 12.7. The van der Waals surface area contributed by atoms with Crippen molar-refractivity contribution in [3.63, 3.8) is 0 Å². The maximum atomic E-state index is 12.5. The first-order valence-corrected chi connectivity index (χ1v) is 12.7. The van der Waals surface area contributed by atoms with E-state index in [-0.39, 0.29) is 36.5 Å². The van der Waals surface area contributed by atoms with Gasteiger partial charge in [-0.3, -0.25) is 14.4 Å². The van der Waals surface area contributed by atoms with Crippen molar-refractivity contribution >= 4 is 40.1 Å². The molecule has 35 heavy (non-hydrogen) atoms. The van der Waals surface area contributed by atoms with Crippen molar-refractivity contribution in [2.45, 2.75) is 52.9 Å². The lowest BCUT2D eigenvalue weighted by Crippen LogP contribution is -2.41. The third-order valence-corrected chi connectivity index (χ3v) is 7.29. The molecule has 2 saturated heterocycles. The van der Waals surface area contributed by atoms with Gasteiger partial charge < -0.3 is 20.9 Å². The molecule has 0 aliphatic carbocycles. The number of pyridine rings is 1. The summed E-state index contributed by atoms with van der Waals surface area (Å²) in [6.07, 6.45) is 2.71. The molecule has 0 radical (unpaired) electrons. The number of primary amides is 1. The van der Waals surface area contributed by atoms with E-state index < -0.39 is 0 Å². The van der Waals surface area contributed by atoms with Crippen LogP contribution in [-0.4, -0.2) is 53.8 Å². The van der Waals surface area contributed by atoms with Gasteiger partial charge in [0.2, 0.25) is 17.7 Å². The van der Waals surface area contributed by atoms with Crippen molar-refractivity contribution in [3.8, 4) is 0 Å². The molecule has 2 aromatic rings. The Morgan fingerprint density at radius 1 is 1.06 bits per heavy atom. The molecular formula is C27H37N5O3. The molecule has 8 heteroatoms. The molecule has 0 spiro atoms. The normalized spacial score (nSPS) is 21.2. The lowest BCUT2D eigenvalue weighted by Gasteiger charge is -2.36. The zero-order valence-corrected chi connectivity index (χ0v) is 21.0. The van der Waals surface area contributed by atoms with E-state index in [1.165, 1.54) is 6.42 Å². The Hall–Kier alpha value is -3.16.